The SMILES string of the molecule is CN[C@H](CCc1ccccc1)C(=O)N1C[C@H](OCc2ccc(Cl)cc2)C[C@H]1C(=O)NC(C(=O)c1nc2ccccc2o1)c1cccc(N=C(N)N)c1. The molecule has 52 heavy (non-hydrogen) atoms. The number of nitrogens with zero attached hydrogens (tertiary/aromatic N) is 3. The van der Waals surface area contributed by atoms with Crippen LogP contribution in [0.3, 0.4) is 0 Å². The van der Waals surface area contributed by atoms with Crippen LogP contribution < -0.4 is 22.1 Å². The number of carbonyl (C=O) groups excluding carboxylic acids is 3. The molecule has 13 heteroatoms. The molecule has 6 N–H and O–H groups in total. The van der Waals surface area contributed by atoms with Crippen LogP contribution in [0.1, 0.15) is 46.3 Å². The molecule has 5 aromatic rings. The minimum absolute atomic E-state index is 0.167. The Morgan fingerprint density at radius 3 is 2.46 bits per heavy atom. The quantitative estimate of drug-likeness (QED) is 0.0710. The lowest BCUT2D eigenvalue weighted by molar-refractivity contribution is -0.140. The molecule has 0 aliphatic carbocycles. The van der Waals surface area contributed by atoms with E-state index in [1.54, 1.807) is 72.6 Å². The Kier molecular flexibility index (Phi) is 11.6. The summed E-state index contributed by atoms with van der Waals surface area (Å²) < 4.78 is 12.1. The number of aryl methyl sites for hydroxylation is 1. The lowest BCUT2D eigenvalue weighted by Crippen LogP contribution is -2.53. The Labute approximate surface area is 306 Å². The monoisotopic (exact) mass is 721 g/mol. The van der Waals surface area contributed by atoms with Crippen LogP contribution in [-0.4, -0.2) is 65.2 Å². The van der Waals surface area contributed by atoms with Gasteiger partial charge in [-0.1, -0.05) is 78.3 Å². The first-order chi connectivity index (χ1) is 25.2. The van der Waals surface area contributed by atoms with Crippen LogP contribution in [0.4, 0.5) is 5.69 Å². The maximum Gasteiger partial charge on any atom is 0.266 e. The number of Topliss-reactive ketones (excluding diaryl/α,β-unsaturated/α-hetero) is 1. The first-order valence-corrected chi connectivity index (χ1v) is 17.3. The number of ketones is 1. The minimum atomic E-state index is -1.25. The zero-order chi connectivity index (χ0) is 36.6. The maximum atomic E-state index is 14.4. The van der Waals surface area contributed by atoms with E-state index in [9.17, 15) is 14.4 Å². The summed E-state index contributed by atoms with van der Waals surface area (Å²) in [5, 5.41) is 6.67. The van der Waals surface area contributed by atoms with Crippen molar-refractivity contribution in [3.05, 3.63) is 131 Å². The van der Waals surface area contributed by atoms with Crippen molar-refractivity contribution < 1.29 is 23.5 Å². The molecule has 1 aromatic heterocycles. The second kappa shape index (κ2) is 16.6. The standard InChI is InChI=1S/C39H40ClN7O5/c1-43-31(19-16-24-8-3-2-4-9-24)38(50)47-22-29(51-23-25-14-17-27(40)18-15-25)21-32(47)36(49)46-34(26-10-7-11-28(20-26)44-39(41)42)35(48)37-45-30-12-5-6-13-33(30)52-37/h2-15,17-18,20,29,31-32,34,43H,16,19,21-23H2,1H3,(H,46,49)(H4,41,42,44)/t29-,31-,32+,34?/m1/s1. The van der Waals surface area contributed by atoms with E-state index < -0.39 is 35.9 Å². The third-order valence-corrected chi connectivity index (χ3v) is 9.23. The van der Waals surface area contributed by atoms with E-state index in [0.29, 0.717) is 40.2 Å². The fourth-order valence-electron chi connectivity index (χ4n) is 6.31. The zero-order valence-corrected chi connectivity index (χ0v) is 29.3. The highest BCUT2D eigenvalue weighted by Crippen LogP contribution is 2.28. The number of nitrogens with one attached hydrogen (secondary N) is 2. The molecular weight excluding hydrogens is 682 g/mol. The van der Waals surface area contributed by atoms with Crippen molar-refractivity contribution in [2.24, 2.45) is 16.5 Å². The predicted molar refractivity (Wildman–Crippen MR) is 199 cm³/mol. The predicted octanol–water partition coefficient (Wildman–Crippen LogP) is 4.83. The number of rotatable bonds is 14. The van der Waals surface area contributed by atoms with Gasteiger partial charge in [0, 0.05) is 18.0 Å². The van der Waals surface area contributed by atoms with Gasteiger partial charge in [-0.3, -0.25) is 14.4 Å². The first-order valence-electron chi connectivity index (χ1n) is 17.0. The fourth-order valence-corrected chi connectivity index (χ4v) is 6.44. The van der Waals surface area contributed by atoms with Crippen LogP contribution in [-0.2, 0) is 27.4 Å². The molecule has 0 radical (unpaired) electrons. The zero-order valence-electron chi connectivity index (χ0n) is 28.6. The summed E-state index contributed by atoms with van der Waals surface area (Å²) in [5.74, 6) is -1.72. The number of aliphatic imine (C=N–C) groups is 1. The summed E-state index contributed by atoms with van der Waals surface area (Å²) in [7, 11) is 1.73. The molecule has 2 amide bonds. The minimum Gasteiger partial charge on any atom is -0.434 e. The van der Waals surface area contributed by atoms with Crippen molar-refractivity contribution in [2.75, 3.05) is 13.6 Å². The Hall–Kier alpha value is -5.56. The van der Waals surface area contributed by atoms with E-state index in [1.165, 1.54) is 0 Å². The van der Waals surface area contributed by atoms with Crippen molar-refractivity contribution in [1.29, 1.82) is 0 Å². The van der Waals surface area contributed by atoms with Crippen LogP contribution in [0.5, 0.6) is 0 Å². The van der Waals surface area contributed by atoms with Gasteiger partial charge in [0.2, 0.25) is 17.6 Å². The third-order valence-electron chi connectivity index (χ3n) is 8.97. The normalized spacial score (nSPS) is 16.7. The van der Waals surface area contributed by atoms with Crippen LogP contribution in [0.25, 0.3) is 11.1 Å². The number of fused-ring (bicyclic) bond motifs is 1. The summed E-state index contributed by atoms with van der Waals surface area (Å²) in [6.45, 7) is 0.440. The van der Waals surface area contributed by atoms with E-state index >= 15 is 0 Å². The molecule has 1 aliphatic heterocycles. The highest BCUT2D eigenvalue weighted by molar-refractivity contribution is 6.30. The van der Waals surface area contributed by atoms with E-state index in [0.717, 1.165) is 11.1 Å². The average molecular weight is 722 g/mol. The van der Waals surface area contributed by atoms with Gasteiger partial charge in [-0.2, -0.15) is 0 Å². The van der Waals surface area contributed by atoms with E-state index in [1.807, 2.05) is 42.5 Å². The van der Waals surface area contributed by atoms with Gasteiger partial charge in [0.1, 0.15) is 17.6 Å². The topological polar surface area (TPSA) is 178 Å². The largest absolute Gasteiger partial charge is 0.434 e. The van der Waals surface area contributed by atoms with Gasteiger partial charge in [-0.25, -0.2) is 9.98 Å². The number of ether oxygens (including phenoxy) is 1. The van der Waals surface area contributed by atoms with Crippen LogP contribution >= 0.6 is 11.6 Å². The van der Waals surface area contributed by atoms with Gasteiger partial charge in [0.25, 0.3) is 5.89 Å². The van der Waals surface area contributed by atoms with Gasteiger partial charge in [-0.15, -0.1) is 0 Å². The number of para-hydroxylation sites is 2. The number of carbonyl (C=O) groups is 3. The Morgan fingerprint density at radius 1 is 0.981 bits per heavy atom. The molecule has 4 atom stereocenters. The van der Waals surface area contributed by atoms with Gasteiger partial charge in [0.15, 0.2) is 11.5 Å². The second-order valence-corrected chi connectivity index (χ2v) is 13.0. The lowest BCUT2D eigenvalue weighted by atomic mass is 10.0. The maximum absolute atomic E-state index is 14.4. The number of halogens is 1. The van der Waals surface area contributed by atoms with Gasteiger partial charge >= 0.3 is 0 Å². The summed E-state index contributed by atoms with van der Waals surface area (Å²) in [4.78, 5) is 52.8. The first kappa shape index (κ1) is 36.2. The van der Waals surface area contributed by atoms with Crippen molar-refractivity contribution in [1.82, 2.24) is 20.5 Å². The van der Waals surface area contributed by atoms with Crippen molar-refractivity contribution >= 4 is 51.9 Å². The lowest BCUT2D eigenvalue weighted by Gasteiger charge is -2.29. The third kappa shape index (κ3) is 8.83. The molecule has 12 nitrogen and oxygen atoms in total. The Bertz CT molecular complexity index is 2020. The molecule has 4 aromatic carbocycles. The van der Waals surface area contributed by atoms with E-state index in [2.05, 4.69) is 20.6 Å². The number of hydrogen-bond acceptors (Lipinski definition) is 8. The van der Waals surface area contributed by atoms with Crippen LogP contribution in [0.2, 0.25) is 5.02 Å². The molecule has 1 unspecified atom stereocenters. The van der Waals surface area contributed by atoms with Gasteiger partial charge in [0.05, 0.1) is 24.4 Å². The molecule has 1 fully saturated rings. The number of oxazole rings is 1. The van der Waals surface area contributed by atoms with Crippen molar-refractivity contribution in [3.63, 3.8) is 0 Å². The highest BCUT2D eigenvalue weighted by Gasteiger charge is 2.43. The summed E-state index contributed by atoms with van der Waals surface area (Å²) in [6.07, 6.45) is 0.917. The highest BCUT2D eigenvalue weighted by atomic mass is 35.5. The van der Waals surface area contributed by atoms with Crippen LogP contribution in [0.15, 0.2) is 113 Å². The van der Waals surface area contributed by atoms with E-state index in [4.69, 9.17) is 32.2 Å². The second-order valence-electron chi connectivity index (χ2n) is 12.6. The summed E-state index contributed by atoms with van der Waals surface area (Å²) in [5.41, 5.74) is 14.9. The molecule has 0 bridgehead atoms. The number of aromatic nitrogens is 1. The Morgan fingerprint density at radius 2 is 1.73 bits per heavy atom. The van der Waals surface area contributed by atoms with Gasteiger partial charge in [-0.05, 0) is 73.0 Å². The summed E-state index contributed by atoms with van der Waals surface area (Å²) in [6, 6.07) is 28.0. The number of nitrogens with two attached hydrogens (primary N) is 2. The number of benzene rings is 4. The number of likely N-dealkylation sites (tertiary alicyclic amines) is 1. The molecular formula is C39H40ClN7O5. The molecule has 1 saturated heterocycles. The number of amides is 2. The number of likely N-dealkylation sites (N-methyl/N-ethyl adjacent to an activating group) is 1. The molecule has 268 valence electrons. The van der Waals surface area contributed by atoms with Crippen LogP contribution in [0, 0.1) is 0 Å². The molecule has 1 aliphatic rings. The van der Waals surface area contributed by atoms with Gasteiger partial charge < -0.3 is 36.2 Å². The Balaban J connectivity index is 1.28. The van der Waals surface area contributed by atoms with E-state index in [-0.39, 0.29) is 37.3 Å². The smallest absolute Gasteiger partial charge is 0.266 e. The average Bonchev–Trinajstić information content (AvgIpc) is 3.79. The van der Waals surface area contributed by atoms with Crippen molar-refractivity contribution in [3.8, 4) is 0 Å². The fraction of sp³-hybridized carbons (Fsp3) is 0.256. The summed E-state index contributed by atoms with van der Waals surface area (Å²) >= 11 is 6.07. The molecule has 0 spiro atoms. The molecule has 0 saturated carbocycles. The number of guanidine groups is 1. The molecule has 2 heterocycles. The molecule has 6 rings (SSSR count). The van der Waals surface area contributed by atoms with Crippen molar-refractivity contribution in [2.45, 2.75) is 50.1 Å². The number of hydrogen-bond donors (Lipinski definition) is 4.